The number of unbranched alkanes of at least 4 members (excludes halogenated alkanes) is 1. The molecule has 0 radical (unpaired) electrons. The van der Waals surface area contributed by atoms with Gasteiger partial charge in [0.2, 0.25) is 10.0 Å². The molecule has 0 fully saturated rings. The smallest absolute Gasteiger partial charge is 0.258 e. The van der Waals surface area contributed by atoms with E-state index in [4.69, 9.17) is 11.6 Å². The van der Waals surface area contributed by atoms with Crippen molar-refractivity contribution in [2.24, 2.45) is 0 Å². The second-order valence-corrected chi connectivity index (χ2v) is 6.66. The number of rotatable bonds is 7. The summed E-state index contributed by atoms with van der Waals surface area (Å²) in [6.45, 7) is 3.78. The summed E-state index contributed by atoms with van der Waals surface area (Å²) in [6.07, 6.45) is 2.59. The highest BCUT2D eigenvalue weighted by atomic mass is 35.5. The number of benzene rings is 1. The average molecular weight is 321 g/mol. The fourth-order valence-corrected chi connectivity index (χ4v) is 3.19. The van der Waals surface area contributed by atoms with Gasteiger partial charge in [-0.05, 0) is 25.5 Å². The molecule has 0 bridgehead atoms. The highest BCUT2D eigenvalue weighted by Crippen LogP contribution is 2.27. The Kier molecular flexibility index (Phi) is 5.91. The van der Waals surface area contributed by atoms with Crippen LogP contribution in [0.25, 0.3) is 0 Å². The largest absolute Gasteiger partial charge is 0.289 e. The van der Waals surface area contributed by atoms with Crippen molar-refractivity contribution in [3.05, 3.63) is 33.3 Å². The van der Waals surface area contributed by atoms with E-state index < -0.39 is 20.6 Å². The van der Waals surface area contributed by atoms with Crippen LogP contribution in [-0.4, -0.2) is 19.4 Å². The Balaban J connectivity index is 2.98. The van der Waals surface area contributed by atoms with Crippen LogP contribution in [0.5, 0.6) is 0 Å². The van der Waals surface area contributed by atoms with Crippen LogP contribution in [0.4, 0.5) is 5.69 Å². The number of hydrogen-bond donors (Lipinski definition) is 1. The first-order chi connectivity index (χ1) is 9.27. The van der Waals surface area contributed by atoms with E-state index in [9.17, 15) is 18.5 Å². The molecule has 0 saturated carbocycles. The molecule has 20 heavy (non-hydrogen) atoms. The molecule has 0 aromatic heterocycles. The number of halogens is 1. The van der Waals surface area contributed by atoms with Gasteiger partial charge in [0.1, 0.15) is 5.02 Å². The molecule has 0 aliphatic carbocycles. The van der Waals surface area contributed by atoms with E-state index in [-0.39, 0.29) is 16.0 Å². The van der Waals surface area contributed by atoms with Crippen LogP contribution in [0.3, 0.4) is 0 Å². The summed E-state index contributed by atoms with van der Waals surface area (Å²) >= 11 is 5.66. The van der Waals surface area contributed by atoms with Crippen LogP contribution >= 0.6 is 11.6 Å². The van der Waals surface area contributed by atoms with Crippen LogP contribution in [0.2, 0.25) is 5.02 Å². The van der Waals surface area contributed by atoms with Gasteiger partial charge in [-0.2, -0.15) is 0 Å². The van der Waals surface area contributed by atoms with Gasteiger partial charge >= 0.3 is 0 Å². The molecule has 8 heteroatoms. The third-order valence-corrected chi connectivity index (χ3v) is 4.68. The highest BCUT2D eigenvalue weighted by Gasteiger charge is 2.22. The fourth-order valence-electron chi connectivity index (χ4n) is 1.70. The molecule has 6 nitrogen and oxygen atoms in total. The maximum atomic E-state index is 12.1. The molecule has 1 aromatic carbocycles. The lowest BCUT2D eigenvalue weighted by Crippen LogP contribution is -2.32. The van der Waals surface area contributed by atoms with Crippen molar-refractivity contribution in [1.82, 2.24) is 4.72 Å². The number of nitro benzene ring substituents is 1. The summed E-state index contributed by atoms with van der Waals surface area (Å²) in [4.78, 5) is 9.91. The predicted molar refractivity (Wildman–Crippen MR) is 77.4 cm³/mol. The number of nitrogens with zero attached hydrogens (tertiary/aromatic N) is 1. The molecule has 0 spiro atoms. The third-order valence-electron chi connectivity index (χ3n) is 2.77. The first-order valence-electron chi connectivity index (χ1n) is 6.24. The molecule has 1 N–H and O–H groups in total. The summed E-state index contributed by atoms with van der Waals surface area (Å²) in [5, 5.41) is 10.7. The lowest BCUT2D eigenvalue weighted by Gasteiger charge is -2.13. The zero-order chi connectivity index (χ0) is 15.3. The summed E-state index contributed by atoms with van der Waals surface area (Å²) < 4.78 is 26.7. The Bertz CT molecular complexity index is 589. The number of nitro groups is 1. The van der Waals surface area contributed by atoms with Crippen LogP contribution < -0.4 is 4.72 Å². The minimum Gasteiger partial charge on any atom is -0.258 e. The predicted octanol–water partition coefficient (Wildman–Crippen LogP) is 3.11. The second kappa shape index (κ2) is 7.01. The molecule has 0 heterocycles. The van der Waals surface area contributed by atoms with Gasteiger partial charge < -0.3 is 0 Å². The van der Waals surface area contributed by atoms with Crippen molar-refractivity contribution < 1.29 is 13.3 Å². The van der Waals surface area contributed by atoms with Crippen LogP contribution in [0, 0.1) is 10.1 Å². The van der Waals surface area contributed by atoms with Crippen LogP contribution in [0.1, 0.15) is 33.1 Å². The zero-order valence-electron chi connectivity index (χ0n) is 11.3. The first-order valence-corrected chi connectivity index (χ1v) is 8.10. The molecule has 1 rings (SSSR count). The third kappa shape index (κ3) is 4.43. The van der Waals surface area contributed by atoms with E-state index in [0.29, 0.717) is 6.42 Å². The minimum absolute atomic E-state index is 0.0898. The summed E-state index contributed by atoms with van der Waals surface area (Å²) in [6, 6.07) is 3.21. The summed E-state index contributed by atoms with van der Waals surface area (Å²) in [5.41, 5.74) is -0.421. The lowest BCUT2D eigenvalue weighted by molar-refractivity contribution is -0.384. The fraction of sp³-hybridized carbons (Fsp3) is 0.500. The minimum atomic E-state index is -3.78. The Morgan fingerprint density at radius 2 is 2.10 bits per heavy atom. The standard InChI is InChI=1S/C12H17ClN2O4S/c1-3-4-5-9(2)14-20(18,19)10-6-7-11(13)12(8-10)15(16)17/h6-9,14H,3-5H2,1-2H3. The van der Waals surface area contributed by atoms with Crippen molar-refractivity contribution in [2.45, 2.75) is 44.0 Å². The van der Waals surface area contributed by atoms with E-state index in [1.807, 2.05) is 6.92 Å². The molecule has 0 aliphatic heterocycles. The average Bonchev–Trinajstić information content (AvgIpc) is 2.35. The van der Waals surface area contributed by atoms with Crippen molar-refractivity contribution in [3.8, 4) is 0 Å². The van der Waals surface area contributed by atoms with Gasteiger partial charge in [-0.25, -0.2) is 13.1 Å². The molecule has 0 aliphatic rings. The van der Waals surface area contributed by atoms with E-state index >= 15 is 0 Å². The van der Waals surface area contributed by atoms with Gasteiger partial charge in [0.25, 0.3) is 5.69 Å². The van der Waals surface area contributed by atoms with Crippen molar-refractivity contribution in [2.75, 3.05) is 0 Å². The molecular formula is C12H17ClN2O4S. The highest BCUT2D eigenvalue weighted by molar-refractivity contribution is 7.89. The van der Waals surface area contributed by atoms with Gasteiger partial charge in [-0.1, -0.05) is 31.4 Å². The maximum Gasteiger partial charge on any atom is 0.289 e. The normalized spacial score (nSPS) is 13.2. The maximum absolute atomic E-state index is 12.1. The Morgan fingerprint density at radius 3 is 2.65 bits per heavy atom. The van der Waals surface area contributed by atoms with Gasteiger partial charge in [0.05, 0.1) is 9.82 Å². The number of nitrogens with one attached hydrogen (secondary N) is 1. The van der Waals surface area contributed by atoms with Gasteiger partial charge in [0, 0.05) is 12.1 Å². The Hall–Kier alpha value is -1.18. The SMILES string of the molecule is CCCCC(C)NS(=O)(=O)c1ccc(Cl)c([N+](=O)[O-])c1. The summed E-state index contributed by atoms with van der Waals surface area (Å²) in [5.74, 6) is 0. The zero-order valence-corrected chi connectivity index (χ0v) is 12.9. The Morgan fingerprint density at radius 1 is 1.45 bits per heavy atom. The van der Waals surface area contributed by atoms with Crippen molar-refractivity contribution in [3.63, 3.8) is 0 Å². The summed E-state index contributed by atoms with van der Waals surface area (Å²) in [7, 11) is -3.78. The molecule has 0 saturated heterocycles. The lowest BCUT2D eigenvalue weighted by atomic mass is 10.2. The molecule has 1 aromatic rings. The van der Waals surface area contributed by atoms with Gasteiger partial charge in [-0.3, -0.25) is 10.1 Å². The quantitative estimate of drug-likeness (QED) is 0.617. The van der Waals surface area contributed by atoms with Crippen LogP contribution in [0.15, 0.2) is 23.1 Å². The number of sulfonamides is 1. The van der Waals surface area contributed by atoms with E-state index in [1.54, 1.807) is 6.92 Å². The Labute approximate surface area is 123 Å². The molecule has 1 unspecified atom stereocenters. The number of hydrogen-bond acceptors (Lipinski definition) is 4. The molecule has 1 atom stereocenters. The van der Waals surface area contributed by atoms with Crippen molar-refractivity contribution in [1.29, 1.82) is 0 Å². The van der Waals surface area contributed by atoms with E-state index in [1.165, 1.54) is 12.1 Å². The van der Waals surface area contributed by atoms with E-state index in [0.717, 1.165) is 18.9 Å². The molecular weight excluding hydrogens is 304 g/mol. The monoisotopic (exact) mass is 320 g/mol. The van der Waals surface area contributed by atoms with Crippen molar-refractivity contribution >= 4 is 27.3 Å². The van der Waals surface area contributed by atoms with Crippen LogP contribution in [-0.2, 0) is 10.0 Å². The van der Waals surface area contributed by atoms with Gasteiger partial charge in [0.15, 0.2) is 0 Å². The first kappa shape index (κ1) is 16.9. The second-order valence-electron chi connectivity index (χ2n) is 4.53. The molecule has 112 valence electrons. The van der Waals surface area contributed by atoms with Gasteiger partial charge in [-0.15, -0.1) is 0 Å². The topological polar surface area (TPSA) is 89.3 Å². The van der Waals surface area contributed by atoms with E-state index in [2.05, 4.69) is 4.72 Å². The molecule has 0 amide bonds.